The highest BCUT2D eigenvalue weighted by atomic mass is 16.6. The molecule has 0 aliphatic carbocycles. The van der Waals surface area contributed by atoms with Crippen molar-refractivity contribution in [1.29, 1.82) is 0 Å². The average molecular weight is 1120 g/mol. The van der Waals surface area contributed by atoms with Crippen molar-refractivity contribution in [1.82, 2.24) is 0 Å². The smallest absolute Gasteiger partial charge is 0.306 e. The summed E-state index contributed by atoms with van der Waals surface area (Å²) in [5.74, 6) is -0.949. The molecular weight excluding hydrogens is 997 g/mol. The summed E-state index contributed by atoms with van der Waals surface area (Å²) in [6.45, 7) is 6.30. The highest BCUT2D eigenvalue weighted by molar-refractivity contribution is 5.71. The highest BCUT2D eigenvalue weighted by Gasteiger charge is 2.19. The molecule has 0 fully saturated rings. The molecule has 0 aromatic heterocycles. The molecular formula is C75H118O6. The Morgan fingerprint density at radius 1 is 0.259 bits per heavy atom. The van der Waals surface area contributed by atoms with Gasteiger partial charge in [-0.05, 0) is 148 Å². The molecule has 0 amide bonds. The van der Waals surface area contributed by atoms with Gasteiger partial charge in [-0.15, -0.1) is 0 Å². The largest absolute Gasteiger partial charge is 0.462 e. The van der Waals surface area contributed by atoms with E-state index in [4.69, 9.17) is 14.2 Å². The number of hydrogen-bond donors (Lipinski definition) is 0. The van der Waals surface area contributed by atoms with Crippen LogP contribution in [-0.4, -0.2) is 37.2 Å². The zero-order chi connectivity index (χ0) is 58.5. The molecule has 0 rings (SSSR count). The summed E-state index contributed by atoms with van der Waals surface area (Å²) in [4.78, 5) is 38.3. The Bertz CT molecular complexity index is 1860. The van der Waals surface area contributed by atoms with Crippen molar-refractivity contribution in [2.24, 2.45) is 0 Å². The Morgan fingerprint density at radius 2 is 0.481 bits per heavy atom. The lowest BCUT2D eigenvalue weighted by molar-refractivity contribution is -0.167. The van der Waals surface area contributed by atoms with Crippen LogP contribution in [0.15, 0.2) is 170 Å². The van der Waals surface area contributed by atoms with Gasteiger partial charge < -0.3 is 14.2 Å². The SMILES string of the molecule is CC/C=C\C/C=C\C/C=C\C/C=C\C/C=C\C/C=C\C/C=C\C/C=C\C/C=C\CCCCCCCCCC(=O)OCC(COC(=O)CCCCCCC/C=C\C/C=C\CCC)OC(=O)CCCCCCC/C=C\C/C=C\C/C=C\CC. The number of rotatable bonds is 57. The number of unbranched alkanes of at least 4 members (excludes halogenated alkanes) is 18. The maximum Gasteiger partial charge on any atom is 0.306 e. The molecule has 454 valence electrons. The van der Waals surface area contributed by atoms with Gasteiger partial charge in [0.1, 0.15) is 13.2 Å². The average Bonchev–Trinajstić information content (AvgIpc) is 3.46. The molecule has 1 atom stereocenters. The molecule has 0 N–H and O–H groups in total. The lowest BCUT2D eigenvalue weighted by Crippen LogP contribution is -2.30. The number of esters is 3. The van der Waals surface area contributed by atoms with Crippen molar-refractivity contribution in [2.75, 3.05) is 13.2 Å². The second-order valence-electron chi connectivity index (χ2n) is 20.9. The first kappa shape index (κ1) is 75.8. The van der Waals surface area contributed by atoms with Crippen LogP contribution in [0.5, 0.6) is 0 Å². The van der Waals surface area contributed by atoms with Gasteiger partial charge in [-0.25, -0.2) is 0 Å². The van der Waals surface area contributed by atoms with E-state index in [1.807, 2.05) is 0 Å². The quantitative estimate of drug-likeness (QED) is 0.0261. The predicted molar refractivity (Wildman–Crippen MR) is 352 cm³/mol. The van der Waals surface area contributed by atoms with Crippen LogP contribution >= 0.6 is 0 Å². The fourth-order valence-electron chi connectivity index (χ4n) is 8.37. The van der Waals surface area contributed by atoms with Crippen LogP contribution in [0, 0.1) is 0 Å². The normalized spacial score (nSPS) is 13.3. The van der Waals surface area contributed by atoms with Gasteiger partial charge in [0.05, 0.1) is 0 Å². The molecule has 0 aromatic rings. The van der Waals surface area contributed by atoms with Crippen molar-refractivity contribution in [3.05, 3.63) is 170 Å². The third-order valence-electron chi connectivity index (χ3n) is 13.2. The molecule has 0 radical (unpaired) electrons. The number of allylic oxidation sites excluding steroid dienone is 28. The fourth-order valence-corrected chi connectivity index (χ4v) is 8.37. The van der Waals surface area contributed by atoms with Gasteiger partial charge >= 0.3 is 17.9 Å². The van der Waals surface area contributed by atoms with Crippen LogP contribution in [0.1, 0.15) is 265 Å². The maximum atomic E-state index is 12.9. The minimum absolute atomic E-state index is 0.102. The first-order valence-electron chi connectivity index (χ1n) is 32.6. The molecule has 0 aliphatic rings. The molecule has 0 saturated heterocycles. The van der Waals surface area contributed by atoms with Gasteiger partial charge in [0.2, 0.25) is 0 Å². The molecule has 0 spiro atoms. The van der Waals surface area contributed by atoms with Crippen molar-refractivity contribution in [2.45, 2.75) is 271 Å². The minimum Gasteiger partial charge on any atom is -0.462 e. The second kappa shape index (κ2) is 67.3. The van der Waals surface area contributed by atoms with Gasteiger partial charge in [-0.1, -0.05) is 268 Å². The Labute approximate surface area is 498 Å². The van der Waals surface area contributed by atoms with Crippen LogP contribution in [0.4, 0.5) is 0 Å². The van der Waals surface area contributed by atoms with Crippen LogP contribution in [0.25, 0.3) is 0 Å². The fraction of sp³-hybridized carbons (Fsp3) is 0.587. The number of carbonyl (C=O) groups excluding carboxylic acids is 3. The van der Waals surface area contributed by atoms with Gasteiger partial charge in [-0.3, -0.25) is 14.4 Å². The van der Waals surface area contributed by atoms with Crippen LogP contribution in [0.3, 0.4) is 0 Å². The summed E-state index contributed by atoms with van der Waals surface area (Å²) in [7, 11) is 0. The third-order valence-corrected chi connectivity index (χ3v) is 13.2. The zero-order valence-corrected chi connectivity index (χ0v) is 52.0. The Hall–Kier alpha value is -5.23. The Kier molecular flexibility index (Phi) is 62.9. The lowest BCUT2D eigenvalue weighted by Gasteiger charge is -2.18. The summed E-state index contributed by atoms with van der Waals surface area (Å²) in [6, 6.07) is 0. The summed E-state index contributed by atoms with van der Waals surface area (Å²) in [5, 5.41) is 0. The molecule has 81 heavy (non-hydrogen) atoms. The Balaban J connectivity index is 4.30. The molecule has 6 heteroatoms. The summed E-state index contributed by atoms with van der Waals surface area (Å²) >= 11 is 0. The van der Waals surface area contributed by atoms with E-state index in [0.717, 1.165) is 193 Å². The molecule has 0 saturated carbocycles. The van der Waals surface area contributed by atoms with E-state index in [2.05, 4.69) is 191 Å². The van der Waals surface area contributed by atoms with Crippen LogP contribution in [-0.2, 0) is 28.6 Å². The van der Waals surface area contributed by atoms with E-state index < -0.39 is 6.10 Å². The zero-order valence-electron chi connectivity index (χ0n) is 52.0. The van der Waals surface area contributed by atoms with Gasteiger partial charge in [0.25, 0.3) is 0 Å². The topological polar surface area (TPSA) is 78.9 Å². The second-order valence-corrected chi connectivity index (χ2v) is 20.9. The van der Waals surface area contributed by atoms with Crippen LogP contribution in [0.2, 0.25) is 0 Å². The van der Waals surface area contributed by atoms with E-state index in [1.54, 1.807) is 0 Å². The van der Waals surface area contributed by atoms with Gasteiger partial charge in [0, 0.05) is 19.3 Å². The first-order valence-corrected chi connectivity index (χ1v) is 32.6. The molecule has 1 unspecified atom stereocenters. The van der Waals surface area contributed by atoms with Gasteiger partial charge in [0.15, 0.2) is 6.10 Å². The highest BCUT2D eigenvalue weighted by Crippen LogP contribution is 2.14. The van der Waals surface area contributed by atoms with E-state index in [-0.39, 0.29) is 31.1 Å². The molecule has 0 bridgehead atoms. The monoisotopic (exact) mass is 1110 g/mol. The van der Waals surface area contributed by atoms with Gasteiger partial charge in [-0.2, -0.15) is 0 Å². The lowest BCUT2D eigenvalue weighted by atomic mass is 10.1. The number of ether oxygens (including phenoxy) is 3. The molecule has 0 aromatic carbocycles. The number of carbonyl (C=O) groups is 3. The van der Waals surface area contributed by atoms with E-state index in [9.17, 15) is 14.4 Å². The first-order chi connectivity index (χ1) is 40.0. The van der Waals surface area contributed by atoms with Crippen LogP contribution < -0.4 is 0 Å². The summed E-state index contributed by atoms with van der Waals surface area (Å²) in [6.07, 6.45) is 99.4. The molecule has 0 heterocycles. The third kappa shape index (κ3) is 65.5. The van der Waals surface area contributed by atoms with E-state index >= 15 is 0 Å². The minimum atomic E-state index is -0.806. The standard InChI is InChI=1S/C75H118O6/c1-4-7-10-13-16-19-22-25-27-28-29-30-31-32-33-34-35-36-37-38-39-40-41-42-43-44-45-46-48-50-53-56-59-62-65-68-74(77)80-71-72(70-79-73(76)67-64-61-58-55-52-49-24-21-18-15-12-9-6-3)81-75(78)69-66-63-60-57-54-51-47-26-23-20-17-14-11-8-5-2/h7-8,10-12,15-17,19-21,24-27,29-30,32-33,35-36,38-39,41-42,44-45,47,72H,4-6,9,13-14,18,22-23,28,31,34,37,40,43,46,48-71H2,1-3H3/b10-7-,11-8-,15-12-,19-16-,20-17-,24-21-,27-25-,30-29-,33-32-,36-35-,39-38-,42-41-,45-44-,47-26-. The van der Waals surface area contributed by atoms with Crippen molar-refractivity contribution in [3.63, 3.8) is 0 Å². The molecule has 0 aliphatic heterocycles. The maximum absolute atomic E-state index is 12.9. The number of hydrogen-bond acceptors (Lipinski definition) is 6. The summed E-state index contributed by atoms with van der Waals surface area (Å²) in [5.41, 5.74) is 0. The predicted octanol–water partition coefficient (Wildman–Crippen LogP) is 22.7. The van der Waals surface area contributed by atoms with E-state index in [1.165, 1.54) is 32.1 Å². The Morgan fingerprint density at radius 3 is 0.753 bits per heavy atom. The van der Waals surface area contributed by atoms with Crippen molar-refractivity contribution in [3.8, 4) is 0 Å². The van der Waals surface area contributed by atoms with E-state index in [0.29, 0.717) is 19.3 Å². The van der Waals surface area contributed by atoms with Crippen molar-refractivity contribution < 1.29 is 28.6 Å². The van der Waals surface area contributed by atoms with Crippen molar-refractivity contribution >= 4 is 17.9 Å². The molecule has 6 nitrogen and oxygen atoms in total. The summed E-state index contributed by atoms with van der Waals surface area (Å²) < 4.78 is 16.9.